The summed E-state index contributed by atoms with van der Waals surface area (Å²) >= 11 is 0. The van der Waals surface area contributed by atoms with Gasteiger partial charge in [-0.15, -0.1) is 0 Å². The molecule has 0 aliphatic heterocycles. The van der Waals surface area contributed by atoms with E-state index in [2.05, 4.69) is 20.3 Å². The molecule has 2 aromatic heterocycles. The van der Waals surface area contributed by atoms with Crippen molar-refractivity contribution in [2.45, 2.75) is 19.4 Å². The minimum atomic E-state index is -0.190. The molecule has 1 amide bonds. The molecule has 25 heavy (non-hydrogen) atoms. The number of pyridine rings is 1. The van der Waals surface area contributed by atoms with E-state index in [-0.39, 0.29) is 17.9 Å². The van der Waals surface area contributed by atoms with Gasteiger partial charge in [0.05, 0.1) is 18.0 Å². The van der Waals surface area contributed by atoms with Gasteiger partial charge < -0.3 is 15.0 Å². The number of carbonyl (C=O) groups is 1. The van der Waals surface area contributed by atoms with Gasteiger partial charge in [-0.25, -0.2) is 9.97 Å². The van der Waals surface area contributed by atoms with Crippen LogP contribution < -0.4 is 15.6 Å². The standard InChI is InChI=1S/C18H18N4O3/c1-25-17-9-6-12(11-20-17)10-19-16(23)8-7-15-21-14-5-3-2-4-13(14)18(24)22-15/h2-6,9,11H,7-8,10H2,1H3,(H,19,23)(H,21,22,24). The van der Waals surface area contributed by atoms with Crippen LogP contribution in [0.25, 0.3) is 10.9 Å². The molecule has 7 nitrogen and oxygen atoms in total. The molecule has 128 valence electrons. The molecule has 0 aliphatic carbocycles. The number of carbonyl (C=O) groups excluding carboxylic acids is 1. The zero-order valence-corrected chi connectivity index (χ0v) is 13.8. The number of aromatic amines is 1. The molecule has 0 bridgehead atoms. The maximum absolute atomic E-state index is 12.0. The topological polar surface area (TPSA) is 97.0 Å². The number of hydrogen-bond donors (Lipinski definition) is 2. The van der Waals surface area contributed by atoms with Crippen LogP contribution in [0.2, 0.25) is 0 Å². The summed E-state index contributed by atoms with van der Waals surface area (Å²) < 4.78 is 4.99. The molecule has 0 saturated heterocycles. The van der Waals surface area contributed by atoms with Crippen molar-refractivity contribution in [2.75, 3.05) is 7.11 Å². The van der Waals surface area contributed by atoms with Gasteiger partial charge in [-0.05, 0) is 17.7 Å². The average Bonchev–Trinajstić information content (AvgIpc) is 2.65. The first-order valence-corrected chi connectivity index (χ1v) is 7.89. The van der Waals surface area contributed by atoms with Crippen molar-refractivity contribution in [1.82, 2.24) is 20.3 Å². The molecule has 2 N–H and O–H groups in total. The fourth-order valence-corrected chi connectivity index (χ4v) is 2.41. The maximum Gasteiger partial charge on any atom is 0.258 e. The van der Waals surface area contributed by atoms with E-state index >= 15 is 0 Å². The first-order chi connectivity index (χ1) is 12.2. The smallest absolute Gasteiger partial charge is 0.258 e. The first-order valence-electron chi connectivity index (χ1n) is 7.89. The molecule has 0 unspecified atom stereocenters. The Morgan fingerprint density at radius 3 is 2.84 bits per heavy atom. The average molecular weight is 338 g/mol. The van der Waals surface area contributed by atoms with E-state index in [1.54, 1.807) is 37.6 Å². The lowest BCUT2D eigenvalue weighted by molar-refractivity contribution is -0.121. The molecule has 0 saturated carbocycles. The van der Waals surface area contributed by atoms with Gasteiger partial charge in [-0.3, -0.25) is 9.59 Å². The van der Waals surface area contributed by atoms with E-state index in [1.165, 1.54) is 0 Å². The molecule has 0 fully saturated rings. The van der Waals surface area contributed by atoms with E-state index in [4.69, 9.17) is 4.74 Å². The first kappa shape index (κ1) is 16.6. The van der Waals surface area contributed by atoms with Crippen LogP contribution in [0.5, 0.6) is 5.88 Å². The monoisotopic (exact) mass is 338 g/mol. The highest BCUT2D eigenvalue weighted by Crippen LogP contribution is 2.08. The zero-order chi connectivity index (χ0) is 17.6. The number of H-pyrrole nitrogens is 1. The molecule has 7 heteroatoms. The molecule has 3 aromatic rings. The van der Waals surface area contributed by atoms with Gasteiger partial charge in [0.1, 0.15) is 5.82 Å². The third kappa shape index (κ3) is 4.20. The summed E-state index contributed by atoms with van der Waals surface area (Å²) in [7, 11) is 1.55. The molecule has 2 heterocycles. The molecule has 0 atom stereocenters. The number of rotatable bonds is 6. The Balaban J connectivity index is 1.56. The molecule has 1 aromatic carbocycles. The minimum absolute atomic E-state index is 0.119. The summed E-state index contributed by atoms with van der Waals surface area (Å²) in [6.45, 7) is 0.386. The van der Waals surface area contributed by atoms with E-state index in [0.717, 1.165) is 5.56 Å². The lowest BCUT2D eigenvalue weighted by Gasteiger charge is -2.06. The van der Waals surface area contributed by atoms with Crippen molar-refractivity contribution in [3.05, 3.63) is 64.3 Å². The third-order valence-electron chi connectivity index (χ3n) is 3.75. The van der Waals surface area contributed by atoms with Crippen molar-refractivity contribution < 1.29 is 9.53 Å². The summed E-state index contributed by atoms with van der Waals surface area (Å²) in [4.78, 5) is 35.2. The molecule has 0 radical (unpaired) electrons. The number of amides is 1. The van der Waals surface area contributed by atoms with Gasteiger partial charge in [-0.1, -0.05) is 18.2 Å². The van der Waals surface area contributed by atoms with Gasteiger partial charge in [0.2, 0.25) is 11.8 Å². The van der Waals surface area contributed by atoms with Crippen LogP contribution in [0.4, 0.5) is 0 Å². The van der Waals surface area contributed by atoms with Crippen LogP contribution in [0.15, 0.2) is 47.4 Å². The third-order valence-corrected chi connectivity index (χ3v) is 3.75. The number of aryl methyl sites for hydroxylation is 1. The maximum atomic E-state index is 12.0. The van der Waals surface area contributed by atoms with E-state index < -0.39 is 0 Å². The Hall–Kier alpha value is -3.22. The van der Waals surface area contributed by atoms with Crippen LogP contribution in [0.3, 0.4) is 0 Å². The Morgan fingerprint density at radius 1 is 1.24 bits per heavy atom. The molecule has 0 aliphatic rings. The van der Waals surface area contributed by atoms with Crippen LogP contribution in [-0.2, 0) is 17.8 Å². The second-order valence-corrected chi connectivity index (χ2v) is 5.52. The second kappa shape index (κ2) is 7.57. The Morgan fingerprint density at radius 2 is 2.08 bits per heavy atom. The Bertz CT molecular complexity index is 935. The lowest BCUT2D eigenvalue weighted by atomic mass is 10.2. The van der Waals surface area contributed by atoms with Gasteiger partial charge in [0, 0.05) is 31.6 Å². The van der Waals surface area contributed by atoms with E-state index in [9.17, 15) is 9.59 Å². The van der Waals surface area contributed by atoms with Crippen LogP contribution >= 0.6 is 0 Å². The summed E-state index contributed by atoms with van der Waals surface area (Å²) in [6.07, 6.45) is 2.26. The SMILES string of the molecule is COc1ccc(CNC(=O)CCc2nc3ccccc3c(=O)[nH]2)cn1. The van der Waals surface area contributed by atoms with Gasteiger partial charge in [0.25, 0.3) is 5.56 Å². The number of para-hydroxylation sites is 1. The minimum Gasteiger partial charge on any atom is -0.481 e. The van der Waals surface area contributed by atoms with Crippen LogP contribution in [0, 0.1) is 0 Å². The van der Waals surface area contributed by atoms with Crippen molar-refractivity contribution >= 4 is 16.8 Å². The summed E-state index contributed by atoms with van der Waals surface area (Å²) in [5, 5.41) is 3.36. The van der Waals surface area contributed by atoms with Gasteiger partial charge in [0.15, 0.2) is 0 Å². The number of nitrogens with one attached hydrogen (secondary N) is 2. The molecule has 0 spiro atoms. The summed E-state index contributed by atoms with van der Waals surface area (Å²) in [5.41, 5.74) is 1.32. The fourth-order valence-electron chi connectivity index (χ4n) is 2.41. The normalized spacial score (nSPS) is 10.6. The van der Waals surface area contributed by atoms with Crippen molar-refractivity contribution in [1.29, 1.82) is 0 Å². The Labute approximate surface area is 144 Å². The van der Waals surface area contributed by atoms with Gasteiger partial charge >= 0.3 is 0 Å². The highest BCUT2D eigenvalue weighted by molar-refractivity contribution is 5.78. The summed E-state index contributed by atoms with van der Waals surface area (Å²) in [6, 6.07) is 10.7. The molecular formula is C18H18N4O3. The largest absolute Gasteiger partial charge is 0.481 e. The van der Waals surface area contributed by atoms with Crippen LogP contribution in [-0.4, -0.2) is 28.0 Å². The predicted octanol–water partition coefficient (Wildman–Crippen LogP) is 1.58. The fraction of sp³-hybridized carbons (Fsp3) is 0.222. The number of ether oxygens (including phenoxy) is 1. The number of fused-ring (bicyclic) bond motifs is 1. The highest BCUT2D eigenvalue weighted by Gasteiger charge is 2.07. The van der Waals surface area contributed by atoms with Crippen LogP contribution in [0.1, 0.15) is 17.8 Å². The highest BCUT2D eigenvalue weighted by atomic mass is 16.5. The van der Waals surface area contributed by atoms with E-state index in [1.807, 2.05) is 12.1 Å². The number of benzene rings is 1. The lowest BCUT2D eigenvalue weighted by Crippen LogP contribution is -2.23. The number of hydrogen-bond acceptors (Lipinski definition) is 5. The zero-order valence-electron chi connectivity index (χ0n) is 13.8. The number of methoxy groups -OCH3 is 1. The van der Waals surface area contributed by atoms with Crippen molar-refractivity contribution in [3.8, 4) is 5.88 Å². The predicted molar refractivity (Wildman–Crippen MR) is 93.3 cm³/mol. The quantitative estimate of drug-likeness (QED) is 0.711. The molecule has 3 rings (SSSR count). The molecular weight excluding hydrogens is 320 g/mol. The van der Waals surface area contributed by atoms with Gasteiger partial charge in [-0.2, -0.15) is 0 Å². The van der Waals surface area contributed by atoms with Crippen molar-refractivity contribution in [2.24, 2.45) is 0 Å². The number of nitrogens with zero attached hydrogens (tertiary/aromatic N) is 2. The Kier molecular flexibility index (Phi) is 5.03. The number of aromatic nitrogens is 3. The second-order valence-electron chi connectivity index (χ2n) is 5.52. The summed E-state index contributed by atoms with van der Waals surface area (Å²) in [5.74, 6) is 0.915. The van der Waals surface area contributed by atoms with E-state index in [0.29, 0.717) is 35.6 Å². The van der Waals surface area contributed by atoms with Crippen molar-refractivity contribution in [3.63, 3.8) is 0 Å².